The number of nitrogens with one attached hydrogen (secondary N) is 1. The molecule has 2 rings (SSSR count). The van der Waals surface area contributed by atoms with Crippen molar-refractivity contribution >= 4 is 15.7 Å². The fourth-order valence-electron chi connectivity index (χ4n) is 2.43. The van der Waals surface area contributed by atoms with Crippen LogP contribution in [-0.4, -0.2) is 25.4 Å². The van der Waals surface area contributed by atoms with E-state index in [-0.39, 0.29) is 11.9 Å². The van der Waals surface area contributed by atoms with Crippen LogP contribution >= 0.6 is 0 Å². The van der Waals surface area contributed by atoms with Crippen molar-refractivity contribution in [3.05, 3.63) is 29.8 Å². The Labute approximate surface area is 120 Å². The van der Waals surface area contributed by atoms with Crippen molar-refractivity contribution in [2.75, 3.05) is 11.3 Å². The molecule has 20 heavy (non-hydrogen) atoms. The SMILES string of the molecule is O=S(=O)(Nc1cccc(C#CCO)c1)C1CCCCC1. The van der Waals surface area contributed by atoms with Crippen molar-refractivity contribution in [3.63, 3.8) is 0 Å². The molecule has 0 spiro atoms. The predicted octanol–water partition coefficient (Wildman–Crippen LogP) is 2.10. The van der Waals surface area contributed by atoms with E-state index < -0.39 is 10.0 Å². The summed E-state index contributed by atoms with van der Waals surface area (Å²) >= 11 is 0. The minimum Gasteiger partial charge on any atom is -0.384 e. The van der Waals surface area contributed by atoms with Gasteiger partial charge in [-0.05, 0) is 31.0 Å². The molecular formula is C15H19NO3S. The second kappa shape index (κ2) is 6.78. The first kappa shape index (κ1) is 14.9. The molecule has 0 bridgehead atoms. The second-order valence-electron chi connectivity index (χ2n) is 4.95. The van der Waals surface area contributed by atoms with E-state index in [2.05, 4.69) is 16.6 Å². The summed E-state index contributed by atoms with van der Waals surface area (Å²) in [6, 6.07) is 6.93. The van der Waals surface area contributed by atoms with Crippen molar-refractivity contribution in [1.29, 1.82) is 0 Å². The average Bonchev–Trinajstić information content (AvgIpc) is 2.46. The second-order valence-corrected chi connectivity index (χ2v) is 6.91. The van der Waals surface area contributed by atoms with E-state index >= 15 is 0 Å². The molecule has 0 aromatic heterocycles. The molecule has 0 atom stereocenters. The normalized spacial score (nSPS) is 16.2. The number of benzene rings is 1. The standard InChI is InChI=1S/C15H19NO3S/c17-11-5-7-13-6-4-8-14(12-13)16-20(18,19)15-9-2-1-3-10-15/h4,6,8,12,15-17H,1-3,9-11H2. The van der Waals surface area contributed by atoms with Crippen LogP contribution in [0.2, 0.25) is 0 Å². The Bertz CT molecular complexity index is 607. The summed E-state index contributed by atoms with van der Waals surface area (Å²) in [5.74, 6) is 5.31. The van der Waals surface area contributed by atoms with Crippen LogP contribution in [0, 0.1) is 11.8 Å². The van der Waals surface area contributed by atoms with Gasteiger partial charge in [-0.2, -0.15) is 0 Å². The third-order valence-corrected chi connectivity index (χ3v) is 5.29. The average molecular weight is 293 g/mol. The van der Waals surface area contributed by atoms with Crippen LogP contribution < -0.4 is 4.72 Å². The van der Waals surface area contributed by atoms with Crippen LogP contribution in [0.15, 0.2) is 24.3 Å². The molecule has 0 aliphatic heterocycles. The van der Waals surface area contributed by atoms with Gasteiger partial charge in [0.1, 0.15) is 6.61 Å². The Morgan fingerprint density at radius 2 is 2.00 bits per heavy atom. The number of hydrogen-bond acceptors (Lipinski definition) is 3. The number of aliphatic hydroxyl groups excluding tert-OH is 1. The lowest BCUT2D eigenvalue weighted by atomic mass is 10.0. The maximum absolute atomic E-state index is 12.3. The third-order valence-electron chi connectivity index (χ3n) is 3.43. The molecule has 0 amide bonds. The van der Waals surface area contributed by atoms with E-state index in [1.807, 2.05) is 0 Å². The maximum atomic E-state index is 12.3. The zero-order chi connectivity index (χ0) is 14.4. The molecule has 1 fully saturated rings. The summed E-state index contributed by atoms with van der Waals surface area (Å²) < 4.78 is 27.2. The Hall–Kier alpha value is -1.51. The molecule has 1 aliphatic rings. The number of rotatable bonds is 3. The molecule has 1 aromatic rings. The zero-order valence-electron chi connectivity index (χ0n) is 11.3. The van der Waals surface area contributed by atoms with E-state index in [1.54, 1.807) is 24.3 Å². The highest BCUT2D eigenvalue weighted by Gasteiger charge is 2.27. The summed E-state index contributed by atoms with van der Waals surface area (Å²) in [5.41, 5.74) is 1.21. The Kier molecular flexibility index (Phi) is 5.05. The fraction of sp³-hybridized carbons (Fsp3) is 0.467. The highest BCUT2D eigenvalue weighted by molar-refractivity contribution is 7.93. The van der Waals surface area contributed by atoms with Crippen molar-refractivity contribution in [1.82, 2.24) is 0 Å². The minimum atomic E-state index is -3.32. The third kappa shape index (κ3) is 3.99. The van der Waals surface area contributed by atoms with E-state index in [0.717, 1.165) is 32.1 Å². The highest BCUT2D eigenvalue weighted by atomic mass is 32.2. The monoisotopic (exact) mass is 293 g/mol. The number of hydrogen-bond donors (Lipinski definition) is 2. The van der Waals surface area contributed by atoms with Gasteiger partial charge in [-0.15, -0.1) is 0 Å². The Morgan fingerprint density at radius 3 is 2.70 bits per heavy atom. The highest BCUT2D eigenvalue weighted by Crippen LogP contribution is 2.25. The van der Waals surface area contributed by atoms with Crippen molar-refractivity contribution in [3.8, 4) is 11.8 Å². The van der Waals surface area contributed by atoms with E-state index in [0.29, 0.717) is 11.3 Å². The van der Waals surface area contributed by atoms with Gasteiger partial charge >= 0.3 is 0 Å². The Balaban J connectivity index is 2.12. The van der Waals surface area contributed by atoms with Gasteiger partial charge in [0.2, 0.25) is 10.0 Å². The summed E-state index contributed by atoms with van der Waals surface area (Å²) in [6.45, 7) is -0.210. The van der Waals surface area contributed by atoms with Crippen molar-refractivity contribution in [2.24, 2.45) is 0 Å². The summed E-state index contributed by atoms with van der Waals surface area (Å²) in [6.07, 6.45) is 4.55. The first-order valence-corrected chi connectivity index (χ1v) is 8.38. The molecule has 1 aliphatic carbocycles. The zero-order valence-corrected chi connectivity index (χ0v) is 12.1. The van der Waals surface area contributed by atoms with Gasteiger partial charge in [-0.3, -0.25) is 4.72 Å². The van der Waals surface area contributed by atoms with Gasteiger partial charge in [0.05, 0.1) is 5.25 Å². The van der Waals surface area contributed by atoms with Crippen LogP contribution in [-0.2, 0) is 10.0 Å². The topological polar surface area (TPSA) is 66.4 Å². The molecule has 1 aromatic carbocycles. The summed E-state index contributed by atoms with van der Waals surface area (Å²) in [4.78, 5) is 0. The van der Waals surface area contributed by atoms with Crippen LogP contribution in [0.3, 0.4) is 0 Å². The first-order valence-electron chi connectivity index (χ1n) is 6.83. The van der Waals surface area contributed by atoms with Gasteiger partial charge in [-0.25, -0.2) is 8.42 Å². The minimum absolute atomic E-state index is 0.210. The molecule has 1 saturated carbocycles. The van der Waals surface area contributed by atoms with Crippen molar-refractivity contribution < 1.29 is 13.5 Å². The largest absolute Gasteiger partial charge is 0.384 e. The quantitative estimate of drug-likeness (QED) is 0.839. The smallest absolute Gasteiger partial charge is 0.235 e. The molecule has 2 N–H and O–H groups in total. The van der Waals surface area contributed by atoms with E-state index in [4.69, 9.17) is 5.11 Å². The van der Waals surface area contributed by atoms with Gasteiger partial charge < -0.3 is 5.11 Å². The van der Waals surface area contributed by atoms with E-state index in [1.165, 1.54) is 0 Å². The molecule has 0 radical (unpaired) electrons. The van der Waals surface area contributed by atoms with Gasteiger partial charge in [0.25, 0.3) is 0 Å². The van der Waals surface area contributed by atoms with Crippen LogP contribution in [0.4, 0.5) is 5.69 Å². The Morgan fingerprint density at radius 1 is 1.25 bits per heavy atom. The lowest BCUT2D eigenvalue weighted by Gasteiger charge is -2.22. The lowest BCUT2D eigenvalue weighted by molar-refractivity contribution is 0.350. The van der Waals surface area contributed by atoms with E-state index in [9.17, 15) is 8.42 Å². The fourth-order valence-corrected chi connectivity index (χ4v) is 4.00. The molecular weight excluding hydrogens is 274 g/mol. The lowest BCUT2D eigenvalue weighted by Crippen LogP contribution is -2.29. The number of anilines is 1. The predicted molar refractivity (Wildman–Crippen MR) is 79.8 cm³/mol. The van der Waals surface area contributed by atoms with Crippen LogP contribution in [0.25, 0.3) is 0 Å². The van der Waals surface area contributed by atoms with Crippen LogP contribution in [0.1, 0.15) is 37.7 Å². The molecule has 4 nitrogen and oxygen atoms in total. The number of aliphatic hydroxyl groups is 1. The maximum Gasteiger partial charge on any atom is 0.235 e. The molecule has 5 heteroatoms. The van der Waals surface area contributed by atoms with Crippen molar-refractivity contribution in [2.45, 2.75) is 37.4 Å². The molecule has 0 saturated heterocycles. The summed E-state index contributed by atoms with van der Waals surface area (Å²) in [5, 5.41) is 8.38. The first-order chi connectivity index (χ1) is 9.62. The molecule has 0 unspecified atom stereocenters. The van der Waals surface area contributed by atoms with Gasteiger partial charge in [-0.1, -0.05) is 37.2 Å². The van der Waals surface area contributed by atoms with Gasteiger partial charge in [0, 0.05) is 11.3 Å². The molecule has 108 valence electrons. The number of sulfonamides is 1. The van der Waals surface area contributed by atoms with Gasteiger partial charge in [0.15, 0.2) is 0 Å². The molecule has 0 heterocycles. The van der Waals surface area contributed by atoms with Crippen LogP contribution in [0.5, 0.6) is 0 Å². The summed E-state index contributed by atoms with van der Waals surface area (Å²) in [7, 11) is -3.32.